The molecule has 0 saturated carbocycles. The molecule has 5 nitrogen and oxygen atoms in total. The summed E-state index contributed by atoms with van der Waals surface area (Å²) >= 11 is 0. The van der Waals surface area contributed by atoms with Crippen LogP contribution in [0, 0.1) is 0 Å². The molecule has 0 heterocycles. The first-order valence-corrected chi connectivity index (χ1v) is 10.7. The lowest BCUT2D eigenvalue weighted by atomic mass is 10.2. The molecule has 0 aliphatic rings. The van der Waals surface area contributed by atoms with Gasteiger partial charge >= 0.3 is 0 Å². The maximum Gasteiger partial charge on any atom is 0.167 e. The minimum Gasteiger partial charge on any atom is -0.290 e. The summed E-state index contributed by atoms with van der Waals surface area (Å²) in [6.45, 7) is 0. The second-order valence-corrected chi connectivity index (χ2v) is 9.41. The molecule has 0 saturated heterocycles. The Bertz CT molecular complexity index is 745. The van der Waals surface area contributed by atoms with Crippen molar-refractivity contribution in [2.75, 3.05) is 11.8 Å². The van der Waals surface area contributed by atoms with Gasteiger partial charge in [-0.3, -0.25) is 5.32 Å². The standard InChI is InChI=1S/C16H19NO4S2/c18-22(19,11-15-7-3-1-4-8-15)13-17-14-23(20,21)12-16-9-5-2-6-10-16/h1-10,17H,11-14H2. The number of nitrogens with one attached hydrogen (secondary N) is 1. The van der Waals surface area contributed by atoms with Gasteiger partial charge in [-0.15, -0.1) is 0 Å². The van der Waals surface area contributed by atoms with Gasteiger partial charge in [-0.25, -0.2) is 16.8 Å². The molecule has 0 aliphatic heterocycles. The van der Waals surface area contributed by atoms with Crippen molar-refractivity contribution in [2.24, 2.45) is 0 Å². The van der Waals surface area contributed by atoms with Crippen LogP contribution in [0.15, 0.2) is 60.7 Å². The molecule has 1 N–H and O–H groups in total. The molecule has 0 atom stereocenters. The average Bonchev–Trinajstić information content (AvgIpc) is 2.47. The van der Waals surface area contributed by atoms with Gasteiger partial charge in [-0.1, -0.05) is 60.7 Å². The number of sulfone groups is 2. The number of benzene rings is 2. The SMILES string of the molecule is O=S(=O)(CNCS(=O)(=O)Cc1ccccc1)Cc1ccccc1. The lowest BCUT2D eigenvalue weighted by molar-refractivity contribution is 0.582. The highest BCUT2D eigenvalue weighted by atomic mass is 32.2. The fourth-order valence-corrected chi connectivity index (χ4v) is 4.67. The van der Waals surface area contributed by atoms with E-state index in [1.807, 2.05) is 12.1 Å². The highest BCUT2D eigenvalue weighted by Crippen LogP contribution is 2.07. The zero-order chi connectivity index (χ0) is 16.8. The van der Waals surface area contributed by atoms with Crippen molar-refractivity contribution in [3.63, 3.8) is 0 Å². The molecule has 7 heteroatoms. The molecule has 0 amide bonds. The van der Waals surface area contributed by atoms with Crippen molar-refractivity contribution in [1.29, 1.82) is 0 Å². The van der Waals surface area contributed by atoms with E-state index < -0.39 is 19.7 Å². The van der Waals surface area contributed by atoms with E-state index in [2.05, 4.69) is 5.32 Å². The molecule has 2 aromatic carbocycles. The molecule has 0 aliphatic carbocycles. The largest absolute Gasteiger partial charge is 0.290 e. The predicted octanol–water partition coefficient (Wildman–Crippen LogP) is 1.72. The van der Waals surface area contributed by atoms with Gasteiger partial charge in [0.2, 0.25) is 0 Å². The summed E-state index contributed by atoms with van der Waals surface area (Å²) in [7, 11) is -6.81. The number of hydrogen-bond acceptors (Lipinski definition) is 5. The molecule has 124 valence electrons. The van der Waals surface area contributed by atoms with Gasteiger partial charge in [0.15, 0.2) is 19.7 Å². The van der Waals surface area contributed by atoms with Gasteiger partial charge in [0, 0.05) is 0 Å². The van der Waals surface area contributed by atoms with Crippen molar-refractivity contribution in [3.8, 4) is 0 Å². The third-order valence-corrected chi connectivity index (χ3v) is 5.94. The van der Waals surface area contributed by atoms with Crippen LogP contribution in [0.5, 0.6) is 0 Å². The van der Waals surface area contributed by atoms with Crippen LogP contribution >= 0.6 is 0 Å². The van der Waals surface area contributed by atoms with Crippen LogP contribution in [0.25, 0.3) is 0 Å². The molecular formula is C16H19NO4S2. The molecule has 0 radical (unpaired) electrons. The van der Waals surface area contributed by atoms with Crippen molar-refractivity contribution in [1.82, 2.24) is 5.32 Å². The van der Waals surface area contributed by atoms with Crippen LogP contribution < -0.4 is 5.32 Å². The smallest absolute Gasteiger partial charge is 0.167 e. The van der Waals surface area contributed by atoms with E-state index >= 15 is 0 Å². The van der Waals surface area contributed by atoms with E-state index in [1.165, 1.54) is 0 Å². The summed E-state index contributed by atoms with van der Waals surface area (Å²) in [6, 6.07) is 17.6. The third-order valence-electron chi connectivity index (χ3n) is 3.10. The van der Waals surface area contributed by atoms with E-state index in [4.69, 9.17) is 0 Å². The molecule has 2 rings (SSSR count). The quantitative estimate of drug-likeness (QED) is 0.782. The minimum atomic E-state index is -3.41. The van der Waals surface area contributed by atoms with Gasteiger partial charge < -0.3 is 0 Å². The Kier molecular flexibility index (Phi) is 5.92. The Hall–Kier alpha value is -1.70. The molecule has 0 fully saturated rings. The molecule has 0 aromatic heterocycles. The molecule has 0 spiro atoms. The summed E-state index contributed by atoms with van der Waals surface area (Å²) in [4.78, 5) is 0. The highest BCUT2D eigenvalue weighted by molar-refractivity contribution is 7.91. The summed E-state index contributed by atoms with van der Waals surface area (Å²) in [5.74, 6) is -0.953. The van der Waals surface area contributed by atoms with Crippen molar-refractivity contribution in [2.45, 2.75) is 11.5 Å². The van der Waals surface area contributed by atoms with Crippen molar-refractivity contribution < 1.29 is 16.8 Å². The molecule has 2 aromatic rings. The van der Waals surface area contributed by atoms with Gasteiger partial charge in [-0.05, 0) is 11.1 Å². The van der Waals surface area contributed by atoms with Crippen molar-refractivity contribution >= 4 is 19.7 Å². The molecule has 0 unspecified atom stereocenters. The number of rotatable bonds is 8. The van der Waals surface area contributed by atoms with Gasteiger partial charge in [0.25, 0.3) is 0 Å². The normalized spacial score (nSPS) is 12.2. The summed E-state index contributed by atoms with van der Waals surface area (Å²) in [6.07, 6.45) is 0. The van der Waals surface area contributed by atoms with Crippen LogP contribution in [0.4, 0.5) is 0 Å². The van der Waals surface area contributed by atoms with E-state index in [-0.39, 0.29) is 23.3 Å². The third kappa shape index (κ3) is 6.52. The fourth-order valence-electron chi connectivity index (χ4n) is 2.11. The second-order valence-electron chi connectivity index (χ2n) is 5.29. The monoisotopic (exact) mass is 353 g/mol. The van der Waals surface area contributed by atoms with Crippen LogP contribution in [0.3, 0.4) is 0 Å². The summed E-state index contributed by atoms with van der Waals surface area (Å²) in [5.41, 5.74) is 1.36. The lowest BCUT2D eigenvalue weighted by Gasteiger charge is -2.08. The predicted molar refractivity (Wildman–Crippen MR) is 91.0 cm³/mol. The van der Waals surface area contributed by atoms with E-state index in [1.54, 1.807) is 48.5 Å². The van der Waals surface area contributed by atoms with E-state index in [0.717, 1.165) is 0 Å². The molecule has 23 heavy (non-hydrogen) atoms. The maximum atomic E-state index is 12.0. The zero-order valence-corrected chi connectivity index (χ0v) is 14.2. The van der Waals surface area contributed by atoms with Gasteiger partial charge in [0.05, 0.1) is 11.5 Å². The topological polar surface area (TPSA) is 80.3 Å². The first-order valence-electron chi connectivity index (χ1n) is 7.06. The summed E-state index contributed by atoms with van der Waals surface area (Å²) < 4.78 is 47.9. The Labute approximate surface area is 137 Å². The number of hydrogen-bond donors (Lipinski definition) is 1. The first-order chi connectivity index (χ1) is 10.9. The lowest BCUT2D eigenvalue weighted by Crippen LogP contribution is -2.30. The van der Waals surface area contributed by atoms with Gasteiger partial charge in [0.1, 0.15) is 11.8 Å². The van der Waals surface area contributed by atoms with Crippen LogP contribution in [-0.2, 0) is 31.2 Å². The van der Waals surface area contributed by atoms with Crippen LogP contribution in [0.1, 0.15) is 11.1 Å². The molecular weight excluding hydrogens is 334 g/mol. The average molecular weight is 353 g/mol. The van der Waals surface area contributed by atoms with Crippen LogP contribution in [-0.4, -0.2) is 28.6 Å². The Morgan fingerprint density at radius 2 is 0.957 bits per heavy atom. The highest BCUT2D eigenvalue weighted by Gasteiger charge is 2.15. The van der Waals surface area contributed by atoms with E-state index in [9.17, 15) is 16.8 Å². The van der Waals surface area contributed by atoms with E-state index in [0.29, 0.717) is 11.1 Å². The summed E-state index contributed by atoms with van der Waals surface area (Å²) in [5, 5.41) is 2.53. The Balaban J connectivity index is 1.86. The van der Waals surface area contributed by atoms with Gasteiger partial charge in [-0.2, -0.15) is 0 Å². The zero-order valence-electron chi connectivity index (χ0n) is 12.6. The Morgan fingerprint density at radius 1 is 0.609 bits per heavy atom. The second kappa shape index (κ2) is 7.72. The maximum absolute atomic E-state index is 12.0. The minimum absolute atomic E-state index is 0.112. The first kappa shape index (κ1) is 17.7. The van der Waals surface area contributed by atoms with Crippen molar-refractivity contribution in [3.05, 3.63) is 71.8 Å². The molecule has 0 bridgehead atoms. The van der Waals surface area contributed by atoms with Crippen LogP contribution in [0.2, 0.25) is 0 Å². The fraction of sp³-hybridized carbons (Fsp3) is 0.250. The Morgan fingerprint density at radius 3 is 1.30 bits per heavy atom.